The van der Waals surface area contributed by atoms with E-state index in [9.17, 15) is 0 Å². The number of fused-ring (bicyclic) bond motifs is 6. The van der Waals surface area contributed by atoms with Gasteiger partial charge in [-0.3, -0.25) is 14.1 Å². The minimum absolute atomic E-state index is 0.764. The first-order chi connectivity index (χ1) is 27.3. The van der Waals surface area contributed by atoms with E-state index in [2.05, 4.69) is 170 Å². The van der Waals surface area contributed by atoms with Crippen LogP contribution in [0.25, 0.3) is 94.8 Å². The van der Waals surface area contributed by atoms with Crippen LogP contribution in [0.1, 0.15) is 0 Å². The van der Waals surface area contributed by atoms with Crippen LogP contribution in [0.2, 0.25) is 0 Å². The van der Waals surface area contributed by atoms with Gasteiger partial charge in [-0.1, -0.05) is 91.0 Å². The standard InChI is InChI=1S/C48H31N7/c1-3-14-35(15-4-1)53-42-21-9-7-18-37(42)39-26-24-33(30-45(39)53)48-52-51-47(54(48)36-16-5-2-6-17-36)32-25-27-44-40(29-32)38-19-8-10-22-43(38)55(44)46-23-11-20-41(50-46)34-13-12-28-49-31-34/h1-31H. The van der Waals surface area contributed by atoms with E-state index < -0.39 is 0 Å². The highest BCUT2D eigenvalue weighted by Crippen LogP contribution is 2.38. The fraction of sp³-hybridized carbons (Fsp3) is 0. The van der Waals surface area contributed by atoms with Crippen molar-refractivity contribution in [2.24, 2.45) is 0 Å². The summed E-state index contributed by atoms with van der Waals surface area (Å²) in [5.74, 6) is 2.38. The maximum atomic E-state index is 5.11. The first kappa shape index (κ1) is 30.9. The second-order valence-electron chi connectivity index (χ2n) is 13.6. The second kappa shape index (κ2) is 12.5. The molecule has 0 spiro atoms. The Labute approximate surface area is 316 Å². The molecule has 0 radical (unpaired) electrons. The van der Waals surface area contributed by atoms with E-state index in [0.717, 1.165) is 84.1 Å². The van der Waals surface area contributed by atoms with Gasteiger partial charge < -0.3 is 4.57 Å². The van der Waals surface area contributed by atoms with Crippen LogP contribution in [-0.2, 0) is 0 Å². The number of para-hydroxylation sites is 4. The smallest absolute Gasteiger partial charge is 0.168 e. The number of rotatable bonds is 6. The molecule has 0 unspecified atom stereocenters. The zero-order valence-corrected chi connectivity index (χ0v) is 29.5. The highest BCUT2D eigenvalue weighted by Gasteiger charge is 2.21. The first-order valence-electron chi connectivity index (χ1n) is 18.3. The molecule has 55 heavy (non-hydrogen) atoms. The number of hydrogen-bond donors (Lipinski definition) is 0. The van der Waals surface area contributed by atoms with Gasteiger partial charge in [0.15, 0.2) is 11.6 Å². The molecule has 0 saturated carbocycles. The molecule has 0 fully saturated rings. The average molecular weight is 706 g/mol. The summed E-state index contributed by atoms with van der Waals surface area (Å²) in [5, 5.41) is 14.5. The van der Waals surface area contributed by atoms with Crippen LogP contribution in [-0.4, -0.2) is 33.9 Å². The van der Waals surface area contributed by atoms with Crippen LogP contribution >= 0.6 is 0 Å². The number of benzene rings is 6. The van der Waals surface area contributed by atoms with E-state index in [-0.39, 0.29) is 0 Å². The molecule has 5 heterocycles. The van der Waals surface area contributed by atoms with E-state index >= 15 is 0 Å². The quantitative estimate of drug-likeness (QED) is 0.173. The van der Waals surface area contributed by atoms with Gasteiger partial charge in [0.2, 0.25) is 0 Å². The summed E-state index contributed by atoms with van der Waals surface area (Å²) in [6.07, 6.45) is 3.63. The van der Waals surface area contributed by atoms with E-state index in [4.69, 9.17) is 15.2 Å². The van der Waals surface area contributed by atoms with Crippen molar-refractivity contribution in [1.82, 2.24) is 33.9 Å². The Hall–Kier alpha value is -7.64. The van der Waals surface area contributed by atoms with Crippen molar-refractivity contribution in [3.05, 3.63) is 188 Å². The van der Waals surface area contributed by atoms with Gasteiger partial charge in [-0.15, -0.1) is 10.2 Å². The van der Waals surface area contributed by atoms with Crippen molar-refractivity contribution < 1.29 is 0 Å². The predicted octanol–water partition coefficient (Wildman–Crippen LogP) is 11.3. The lowest BCUT2D eigenvalue weighted by atomic mass is 10.1. The largest absolute Gasteiger partial charge is 0.309 e. The highest BCUT2D eigenvalue weighted by molar-refractivity contribution is 6.11. The van der Waals surface area contributed by atoms with Crippen LogP contribution in [0.15, 0.2) is 188 Å². The first-order valence-corrected chi connectivity index (χ1v) is 18.3. The molecular formula is C48H31N7. The van der Waals surface area contributed by atoms with Crippen molar-refractivity contribution in [2.75, 3.05) is 0 Å². The number of pyridine rings is 2. The van der Waals surface area contributed by atoms with Crippen LogP contribution in [0.3, 0.4) is 0 Å². The molecule has 0 N–H and O–H groups in total. The summed E-state index contributed by atoms with van der Waals surface area (Å²) in [6.45, 7) is 0. The fourth-order valence-corrected chi connectivity index (χ4v) is 8.03. The highest BCUT2D eigenvalue weighted by atomic mass is 15.3. The summed E-state index contributed by atoms with van der Waals surface area (Å²) >= 11 is 0. The Bertz CT molecular complexity index is 3200. The van der Waals surface area contributed by atoms with E-state index in [1.807, 2.05) is 30.5 Å². The maximum absolute atomic E-state index is 5.11. The molecule has 0 aliphatic carbocycles. The molecule has 6 aromatic carbocycles. The maximum Gasteiger partial charge on any atom is 0.168 e. The van der Waals surface area contributed by atoms with Crippen molar-refractivity contribution in [2.45, 2.75) is 0 Å². The van der Waals surface area contributed by atoms with Crippen molar-refractivity contribution in [3.63, 3.8) is 0 Å². The van der Waals surface area contributed by atoms with Gasteiger partial charge in [0.1, 0.15) is 5.82 Å². The fourth-order valence-electron chi connectivity index (χ4n) is 8.03. The molecule has 7 heteroatoms. The summed E-state index contributed by atoms with van der Waals surface area (Å²) in [5.41, 5.74) is 10.3. The number of nitrogens with zero attached hydrogens (tertiary/aromatic N) is 7. The van der Waals surface area contributed by atoms with Gasteiger partial charge in [0.05, 0.1) is 27.8 Å². The minimum Gasteiger partial charge on any atom is -0.309 e. The predicted molar refractivity (Wildman–Crippen MR) is 222 cm³/mol. The Morgan fingerprint density at radius 1 is 0.364 bits per heavy atom. The lowest BCUT2D eigenvalue weighted by molar-refractivity contribution is 1.07. The lowest BCUT2D eigenvalue weighted by Crippen LogP contribution is -2.01. The third-order valence-electron chi connectivity index (χ3n) is 10.5. The summed E-state index contributed by atoms with van der Waals surface area (Å²) in [7, 11) is 0. The zero-order valence-electron chi connectivity index (χ0n) is 29.5. The van der Waals surface area contributed by atoms with E-state index in [0.29, 0.717) is 0 Å². The minimum atomic E-state index is 0.764. The Morgan fingerprint density at radius 3 is 1.69 bits per heavy atom. The Kier molecular flexibility index (Phi) is 7.03. The van der Waals surface area contributed by atoms with Gasteiger partial charge in [-0.25, -0.2) is 4.98 Å². The van der Waals surface area contributed by atoms with E-state index in [1.54, 1.807) is 6.20 Å². The van der Waals surface area contributed by atoms with Crippen molar-refractivity contribution in [3.8, 4) is 51.2 Å². The normalized spacial score (nSPS) is 11.6. The van der Waals surface area contributed by atoms with Crippen molar-refractivity contribution >= 4 is 43.6 Å². The summed E-state index contributed by atoms with van der Waals surface area (Å²) in [4.78, 5) is 9.43. The van der Waals surface area contributed by atoms with Crippen LogP contribution in [0.5, 0.6) is 0 Å². The van der Waals surface area contributed by atoms with Gasteiger partial charge in [-0.2, -0.15) is 0 Å². The Morgan fingerprint density at radius 2 is 0.964 bits per heavy atom. The molecular weight excluding hydrogens is 675 g/mol. The third-order valence-corrected chi connectivity index (χ3v) is 10.5. The van der Waals surface area contributed by atoms with Crippen LogP contribution in [0.4, 0.5) is 0 Å². The SMILES string of the molecule is c1ccc(-n2c(-c3ccc4c(c3)c3ccccc3n4-c3cccc(-c4cccnc4)n3)nnc2-c2ccc3c4ccccc4n(-c4ccccc4)c3c2)cc1. The molecule has 0 atom stereocenters. The number of aromatic nitrogens is 7. The van der Waals surface area contributed by atoms with Gasteiger partial charge in [0.25, 0.3) is 0 Å². The molecule has 5 aromatic heterocycles. The van der Waals surface area contributed by atoms with Crippen LogP contribution in [0, 0.1) is 0 Å². The summed E-state index contributed by atoms with van der Waals surface area (Å²) < 4.78 is 6.75. The molecule has 258 valence electrons. The average Bonchev–Trinajstić information content (AvgIpc) is 3.95. The number of hydrogen-bond acceptors (Lipinski definition) is 4. The molecule has 0 aliphatic heterocycles. The van der Waals surface area contributed by atoms with Gasteiger partial charge in [0, 0.05) is 62.0 Å². The molecule has 7 nitrogen and oxygen atoms in total. The second-order valence-corrected chi connectivity index (χ2v) is 13.6. The van der Waals surface area contributed by atoms with Gasteiger partial charge in [-0.05, 0) is 84.9 Å². The lowest BCUT2D eigenvalue weighted by Gasteiger charge is -2.12. The van der Waals surface area contributed by atoms with E-state index in [1.165, 1.54) is 10.8 Å². The van der Waals surface area contributed by atoms with Crippen molar-refractivity contribution in [1.29, 1.82) is 0 Å². The monoisotopic (exact) mass is 705 g/mol. The topological polar surface area (TPSA) is 66.3 Å². The van der Waals surface area contributed by atoms with Gasteiger partial charge >= 0.3 is 0 Å². The molecule has 0 aliphatic rings. The molecule has 0 saturated heterocycles. The third kappa shape index (κ3) is 4.98. The molecule has 11 aromatic rings. The van der Waals surface area contributed by atoms with Crippen LogP contribution < -0.4 is 0 Å². The molecule has 0 bridgehead atoms. The molecule has 0 amide bonds. The Balaban J connectivity index is 1.10. The zero-order chi connectivity index (χ0) is 36.3. The molecule has 11 rings (SSSR count). The summed E-state index contributed by atoms with van der Waals surface area (Å²) in [6, 6.07) is 61.3.